The monoisotopic (exact) mass is 555 g/mol. The quantitative estimate of drug-likeness (QED) is 0.237. The van der Waals surface area contributed by atoms with E-state index in [0.717, 1.165) is 0 Å². The normalized spacial score (nSPS) is 13.1. The van der Waals surface area contributed by atoms with E-state index in [0.29, 0.717) is 5.56 Å². The van der Waals surface area contributed by atoms with Crippen LogP contribution in [0.2, 0.25) is 0 Å². The number of hydrogen-bond acceptors (Lipinski definition) is 12. The molecule has 0 fully saturated rings. The standard InChI is InChI=1S/C26H37NO12/c1-9-33-24(31)37-20-12-11-18(14-21(20)38-25(32)34-10-2)13-19(27-23(30)39-26(6,7)8)22(29)36-16(4)15(3)35-17(5)28/h11-12,14-16,19H,9-10,13H2,1-8H3,(H,27,30)/t15?,16-,19+/m1/s1. The number of ether oxygens (including phenoxy) is 7. The molecular weight excluding hydrogens is 518 g/mol. The van der Waals surface area contributed by atoms with E-state index >= 15 is 0 Å². The highest BCUT2D eigenvalue weighted by molar-refractivity contribution is 5.82. The fraction of sp³-hybridized carbons (Fsp3) is 0.577. The van der Waals surface area contributed by atoms with Gasteiger partial charge in [0.25, 0.3) is 0 Å². The number of carbonyl (C=O) groups is 5. The average Bonchev–Trinajstić information content (AvgIpc) is 2.78. The minimum atomic E-state index is -1.26. The van der Waals surface area contributed by atoms with Gasteiger partial charge in [0, 0.05) is 13.3 Å². The van der Waals surface area contributed by atoms with Crippen molar-refractivity contribution in [1.29, 1.82) is 0 Å². The van der Waals surface area contributed by atoms with E-state index in [-0.39, 0.29) is 31.1 Å². The third kappa shape index (κ3) is 12.9. The number of nitrogens with one attached hydrogen (secondary N) is 1. The van der Waals surface area contributed by atoms with Crippen molar-refractivity contribution in [2.24, 2.45) is 0 Å². The van der Waals surface area contributed by atoms with Gasteiger partial charge in [-0.2, -0.15) is 0 Å². The van der Waals surface area contributed by atoms with Crippen LogP contribution in [0.1, 0.15) is 61.0 Å². The number of alkyl carbamates (subject to hydrolysis) is 1. The van der Waals surface area contributed by atoms with Crippen molar-refractivity contribution >= 4 is 30.3 Å². The van der Waals surface area contributed by atoms with Crippen LogP contribution >= 0.6 is 0 Å². The Morgan fingerprint density at radius 2 is 1.38 bits per heavy atom. The summed E-state index contributed by atoms with van der Waals surface area (Å²) in [6, 6.07) is 2.86. The molecule has 1 amide bonds. The Hall–Kier alpha value is -4.03. The van der Waals surface area contributed by atoms with Crippen LogP contribution < -0.4 is 14.8 Å². The van der Waals surface area contributed by atoms with Gasteiger partial charge in [0.1, 0.15) is 23.9 Å². The zero-order valence-electron chi connectivity index (χ0n) is 23.5. The van der Waals surface area contributed by atoms with Crippen molar-refractivity contribution in [2.75, 3.05) is 13.2 Å². The van der Waals surface area contributed by atoms with Gasteiger partial charge in [0.2, 0.25) is 0 Å². The van der Waals surface area contributed by atoms with Gasteiger partial charge in [0.15, 0.2) is 11.5 Å². The van der Waals surface area contributed by atoms with Gasteiger partial charge in [-0.1, -0.05) is 6.07 Å². The summed E-state index contributed by atoms with van der Waals surface area (Å²) in [6.45, 7) is 12.5. The zero-order chi connectivity index (χ0) is 29.8. The van der Waals surface area contributed by atoms with Crippen molar-refractivity contribution < 1.29 is 57.1 Å². The zero-order valence-corrected chi connectivity index (χ0v) is 23.5. The molecule has 0 saturated carbocycles. The van der Waals surface area contributed by atoms with Gasteiger partial charge in [-0.05, 0) is 66.2 Å². The summed E-state index contributed by atoms with van der Waals surface area (Å²) >= 11 is 0. The van der Waals surface area contributed by atoms with Crippen LogP contribution in [0.3, 0.4) is 0 Å². The van der Waals surface area contributed by atoms with Crippen LogP contribution in [0.4, 0.5) is 14.4 Å². The molecule has 0 spiro atoms. The lowest BCUT2D eigenvalue weighted by molar-refractivity contribution is -0.165. The Morgan fingerprint density at radius 1 is 0.846 bits per heavy atom. The summed E-state index contributed by atoms with van der Waals surface area (Å²) in [5, 5.41) is 2.47. The van der Waals surface area contributed by atoms with Crippen molar-refractivity contribution in [3.05, 3.63) is 23.8 Å². The minimum absolute atomic E-state index is 0.0320. The maximum absolute atomic E-state index is 13.1. The van der Waals surface area contributed by atoms with Crippen LogP contribution in [0.15, 0.2) is 18.2 Å². The minimum Gasteiger partial charge on any atom is -0.459 e. The van der Waals surface area contributed by atoms with Gasteiger partial charge in [-0.3, -0.25) is 4.79 Å². The number of carbonyl (C=O) groups excluding carboxylic acids is 5. The summed E-state index contributed by atoms with van der Waals surface area (Å²) in [7, 11) is 0. The van der Waals surface area contributed by atoms with Crippen LogP contribution in [-0.4, -0.2) is 67.4 Å². The fourth-order valence-electron chi connectivity index (χ4n) is 2.92. The molecule has 0 aliphatic heterocycles. The van der Waals surface area contributed by atoms with Crippen molar-refractivity contribution in [3.63, 3.8) is 0 Å². The number of benzene rings is 1. The van der Waals surface area contributed by atoms with E-state index < -0.39 is 54.2 Å². The molecule has 218 valence electrons. The second kappa shape index (κ2) is 15.4. The Morgan fingerprint density at radius 3 is 1.90 bits per heavy atom. The number of amides is 1. The van der Waals surface area contributed by atoms with Crippen LogP contribution in [-0.2, 0) is 39.7 Å². The van der Waals surface area contributed by atoms with E-state index in [4.69, 9.17) is 33.2 Å². The molecule has 1 aromatic carbocycles. The summed E-state index contributed by atoms with van der Waals surface area (Å²) in [5.74, 6) is -1.73. The number of rotatable bonds is 11. The van der Waals surface area contributed by atoms with Gasteiger partial charge in [0.05, 0.1) is 13.2 Å². The summed E-state index contributed by atoms with van der Waals surface area (Å²) in [4.78, 5) is 60.6. The molecule has 0 radical (unpaired) electrons. The summed E-state index contributed by atoms with van der Waals surface area (Å²) < 4.78 is 35.5. The maximum Gasteiger partial charge on any atom is 0.513 e. The van der Waals surface area contributed by atoms with E-state index in [2.05, 4.69) is 5.32 Å². The lowest BCUT2D eigenvalue weighted by atomic mass is 10.1. The first-order chi connectivity index (χ1) is 18.1. The molecule has 0 aromatic heterocycles. The van der Waals surface area contributed by atoms with E-state index in [1.54, 1.807) is 41.5 Å². The molecule has 0 bridgehead atoms. The third-order valence-corrected chi connectivity index (χ3v) is 4.65. The molecule has 13 heteroatoms. The molecule has 39 heavy (non-hydrogen) atoms. The molecule has 1 rings (SSSR count). The second-order valence-corrected chi connectivity index (χ2v) is 9.21. The third-order valence-electron chi connectivity index (χ3n) is 4.65. The second-order valence-electron chi connectivity index (χ2n) is 9.21. The van der Waals surface area contributed by atoms with Gasteiger partial charge in [-0.25, -0.2) is 19.2 Å². The van der Waals surface area contributed by atoms with Crippen molar-refractivity contribution in [3.8, 4) is 11.5 Å². The Kier molecular flexibility index (Phi) is 13.0. The summed E-state index contributed by atoms with van der Waals surface area (Å²) in [6.07, 6.45) is -4.70. The van der Waals surface area contributed by atoms with Crippen molar-refractivity contribution in [1.82, 2.24) is 5.32 Å². The van der Waals surface area contributed by atoms with E-state index in [9.17, 15) is 24.0 Å². The first-order valence-electron chi connectivity index (χ1n) is 12.3. The molecule has 3 atom stereocenters. The molecule has 0 aliphatic rings. The van der Waals surface area contributed by atoms with Crippen LogP contribution in [0.5, 0.6) is 11.5 Å². The molecule has 1 unspecified atom stereocenters. The molecule has 0 saturated heterocycles. The van der Waals surface area contributed by atoms with E-state index in [1.165, 1.54) is 32.0 Å². The Bertz CT molecular complexity index is 1020. The smallest absolute Gasteiger partial charge is 0.459 e. The Labute approximate surface area is 227 Å². The molecule has 13 nitrogen and oxygen atoms in total. The predicted octanol–water partition coefficient (Wildman–Crippen LogP) is 4.08. The van der Waals surface area contributed by atoms with Crippen LogP contribution in [0.25, 0.3) is 0 Å². The lowest BCUT2D eigenvalue weighted by Gasteiger charge is -2.25. The largest absolute Gasteiger partial charge is 0.513 e. The number of esters is 2. The topological polar surface area (TPSA) is 162 Å². The highest BCUT2D eigenvalue weighted by Gasteiger charge is 2.29. The molecule has 0 heterocycles. The highest BCUT2D eigenvalue weighted by Crippen LogP contribution is 2.30. The molecule has 0 aliphatic carbocycles. The SMILES string of the molecule is CCOC(=O)Oc1ccc(C[C@H](NC(=O)OC(C)(C)C)C(=O)O[C@H](C)C(C)OC(C)=O)cc1OC(=O)OCC. The molecular formula is C26H37NO12. The molecule has 1 N–H and O–H groups in total. The fourth-order valence-corrected chi connectivity index (χ4v) is 2.92. The highest BCUT2D eigenvalue weighted by atomic mass is 16.7. The van der Waals surface area contributed by atoms with Crippen LogP contribution in [0, 0.1) is 0 Å². The maximum atomic E-state index is 13.1. The summed E-state index contributed by atoms with van der Waals surface area (Å²) in [5.41, 5.74) is -0.466. The molecule has 1 aromatic rings. The Balaban J connectivity index is 3.27. The van der Waals surface area contributed by atoms with E-state index in [1.807, 2.05) is 0 Å². The number of hydrogen-bond donors (Lipinski definition) is 1. The van der Waals surface area contributed by atoms with Gasteiger partial charge in [-0.15, -0.1) is 0 Å². The first-order valence-corrected chi connectivity index (χ1v) is 12.3. The first kappa shape index (κ1) is 33.0. The van der Waals surface area contributed by atoms with Gasteiger partial charge < -0.3 is 38.5 Å². The predicted molar refractivity (Wildman–Crippen MR) is 135 cm³/mol. The lowest BCUT2D eigenvalue weighted by Crippen LogP contribution is -2.47. The van der Waals surface area contributed by atoms with Gasteiger partial charge >= 0.3 is 30.3 Å². The average molecular weight is 556 g/mol. The van der Waals surface area contributed by atoms with Crippen molar-refractivity contribution in [2.45, 2.75) is 85.7 Å².